The van der Waals surface area contributed by atoms with E-state index in [9.17, 15) is 19.8 Å². The van der Waals surface area contributed by atoms with Gasteiger partial charge < -0.3 is 14.9 Å². The molecule has 0 saturated heterocycles. The molecule has 134 valence electrons. The van der Waals surface area contributed by atoms with Crippen LogP contribution in [0.1, 0.15) is 41.6 Å². The smallest absolute Gasteiger partial charge is 0.342 e. The number of carbonyl (C=O) groups excluding carboxylic acids is 2. The van der Waals surface area contributed by atoms with E-state index in [1.807, 2.05) is 12.2 Å². The number of hydrogen-bond donors (Lipinski definition) is 2. The van der Waals surface area contributed by atoms with Crippen molar-refractivity contribution in [2.24, 2.45) is 0 Å². The van der Waals surface area contributed by atoms with Crippen LogP contribution in [0.15, 0.2) is 36.4 Å². The van der Waals surface area contributed by atoms with Crippen LogP contribution in [0, 0.1) is 0 Å². The van der Waals surface area contributed by atoms with E-state index < -0.39 is 5.97 Å². The number of ether oxygens (including phenoxy) is 1. The van der Waals surface area contributed by atoms with Gasteiger partial charge in [-0.1, -0.05) is 40.8 Å². The molecule has 0 amide bonds. The summed E-state index contributed by atoms with van der Waals surface area (Å²) >= 11 is 2.22. The molecule has 1 heterocycles. The highest BCUT2D eigenvalue weighted by molar-refractivity contribution is 14.1. The Morgan fingerprint density at radius 1 is 1.12 bits per heavy atom. The predicted octanol–water partition coefficient (Wildman–Crippen LogP) is 3.86. The van der Waals surface area contributed by atoms with Gasteiger partial charge in [0.15, 0.2) is 5.78 Å². The highest BCUT2D eigenvalue weighted by Crippen LogP contribution is 2.29. The van der Waals surface area contributed by atoms with Gasteiger partial charge in [-0.15, -0.1) is 0 Å². The molecule has 25 heavy (non-hydrogen) atoms. The zero-order valence-electron chi connectivity index (χ0n) is 13.8. The molecular formula is C19H21IO5. The van der Waals surface area contributed by atoms with Crippen LogP contribution >= 0.6 is 22.6 Å². The van der Waals surface area contributed by atoms with Gasteiger partial charge in [0.2, 0.25) is 0 Å². The Morgan fingerprint density at radius 2 is 1.88 bits per heavy atom. The maximum absolute atomic E-state index is 12.6. The number of phenols is 2. The number of fused-ring (bicyclic) bond motifs is 1. The number of alkyl halides is 1. The third kappa shape index (κ3) is 5.88. The number of rotatable bonds is 2. The number of esters is 1. The Kier molecular flexibility index (Phi) is 7.49. The van der Waals surface area contributed by atoms with Crippen molar-refractivity contribution in [3.05, 3.63) is 47.6 Å². The van der Waals surface area contributed by atoms with Crippen molar-refractivity contribution in [1.29, 1.82) is 0 Å². The first-order valence-electron chi connectivity index (χ1n) is 8.17. The molecule has 6 heteroatoms. The molecule has 2 N–H and O–H groups in total. The van der Waals surface area contributed by atoms with Crippen molar-refractivity contribution < 1.29 is 24.5 Å². The highest BCUT2D eigenvalue weighted by Gasteiger charge is 2.23. The molecule has 0 unspecified atom stereocenters. The zero-order valence-corrected chi connectivity index (χ0v) is 15.9. The van der Waals surface area contributed by atoms with E-state index in [0.29, 0.717) is 12.8 Å². The Balaban J connectivity index is 2.40. The molecule has 2 rings (SSSR count). The van der Waals surface area contributed by atoms with E-state index in [1.54, 1.807) is 6.08 Å². The van der Waals surface area contributed by atoms with Crippen LogP contribution in [0.3, 0.4) is 0 Å². The lowest BCUT2D eigenvalue weighted by molar-refractivity contribution is -0.114. The van der Waals surface area contributed by atoms with Crippen molar-refractivity contribution in [2.75, 3.05) is 4.43 Å². The Bertz CT molecular complexity index is 693. The topological polar surface area (TPSA) is 83.8 Å². The molecule has 1 aromatic carbocycles. The SMILES string of the molecule is O=C1/C=C/CC/C=C/C[C@@H](CCI)OC(=O)c2c(O)cc(O)cc2C1. The molecule has 0 aliphatic carbocycles. The summed E-state index contributed by atoms with van der Waals surface area (Å²) in [6, 6.07) is 2.40. The molecular weight excluding hydrogens is 435 g/mol. The largest absolute Gasteiger partial charge is 0.508 e. The third-order valence-electron chi connectivity index (χ3n) is 3.83. The Labute approximate surface area is 160 Å². The second-order valence-corrected chi connectivity index (χ2v) is 6.91. The Morgan fingerprint density at radius 3 is 2.64 bits per heavy atom. The van der Waals surface area contributed by atoms with E-state index >= 15 is 0 Å². The monoisotopic (exact) mass is 456 g/mol. The number of phenolic OH excluding ortho intramolecular Hbond substituents is 2. The fourth-order valence-electron chi connectivity index (χ4n) is 2.62. The third-order valence-corrected chi connectivity index (χ3v) is 4.45. The van der Waals surface area contributed by atoms with Crippen LogP contribution in [-0.4, -0.2) is 32.5 Å². The molecule has 1 aliphatic rings. The van der Waals surface area contributed by atoms with Gasteiger partial charge in [-0.2, -0.15) is 0 Å². The average Bonchev–Trinajstić information content (AvgIpc) is 2.52. The molecule has 0 spiro atoms. The van der Waals surface area contributed by atoms with Crippen LogP contribution in [0.25, 0.3) is 0 Å². The normalized spacial score (nSPS) is 21.7. The van der Waals surface area contributed by atoms with Crippen molar-refractivity contribution >= 4 is 34.3 Å². The molecule has 0 bridgehead atoms. The van der Waals surface area contributed by atoms with Gasteiger partial charge in [0.1, 0.15) is 23.2 Å². The van der Waals surface area contributed by atoms with Gasteiger partial charge in [0, 0.05) is 23.3 Å². The predicted molar refractivity (Wildman–Crippen MR) is 103 cm³/mol. The molecule has 1 aromatic rings. The summed E-state index contributed by atoms with van der Waals surface area (Å²) in [5.41, 5.74) is 0.206. The number of ketones is 1. The zero-order chi connectivity index (χ0) is 18.2. The van der Waals surface area contributed by atoms with Gasteiger partial charge in [-0.25, -0.2) is 4.79 Å². The van der Waals surface area contributed by atoms with Crippen LogP contribution in [0.2, 0.25) is 0 Å². The summed E-state index contributed by atoms with van der Waals surface area (Å²) in [6.45, 7) is 0. The number of carbonyl (C=O) groups is 2. The number of aromatic hydroxyl groups is 2. The van der Waals surface area contributed by atoms with E-state index in [0.717, 1.165) is 23.3 Å². The second-order valence-electron chi connectivity index (χ2n) is 5.83. The molecule has 0 saturated carbocycles. The van der Waals surface area contributed by atoms with Gasteiger partial charge >= 0.3 is 5.97 Å². The van der Waals surface area contributed by atoms with Crippen molar-refractivity contribution in [3.8, 4) is 11.5 Å². The van der Waals surface area contributed by atoms with Crippen LogP contribution in [0.4, 0.5) is 0 Å². The summed E-state index contributed by atoms with van der Waals surface area (Å²) in [6.07, 6.45) is 9.72. The summed E-state index contributed by atoms with van der Waals surface area (Å²) in [5.74, 6) is -1.46. The minimum Gasteiger partial charge on any atom is -0.508 e. The number of benzene rings is 1. The fraction of sp³-hybridized carbons (Fsp3) is 0.368. The van der Waals surface area contributed by atoms with Crippen LogP contribution in [0.5, 0.6) is 11.5 Å². The van der Waals surface area contributed by atoms with Crippen molar-refractivity contribution in [1.82, 2.24) is 0 Å². The van der Waals surface area contributed by atoms with E-state index in [-0.39, 0.29) is 40.9 Å². The quantitative estimate of drug-likeness (QED) is 0.306. The number of allylic oxidation sites excluding steroid dienone is 3. The van der Waals surface area contributed by atoms with Crippen LogP contribution < -0.4 is 0 Å². The summed E-state index contributed by atoms with van der Waals surface area (Å²) in [7, 11) is 0. The standard InChI is InChI=1S/C19H21IO5/c20-9-8-16-7-5-3-1-2-4-6-14(21)10-13-11-15(22)12-17(23)18(13)19(24)25-16/h3-6,11-12,16,22-23H,1-2,7-10H2/b5-3+,6-4+/t16-/m0/s1. The summed E-state index contributed by atoms with van der Waals surface area (Å²) in [4.78, 5) is 24.7. The fourth-order valence-corrected chi connectivity index (χ4v) is 3.32. The maximum Gasteiger partial charge on any atom is 0.342 e. The second kappa shape index (κ2) is 9.60. The molecule has 1 atom stereocenters. The average molecular weight is 456 g/mol. The highest BCUT2D eigenvalue weighted by atomic mass is 127. The number of cyclic esters (lactones) is 1. The van der Waals surface area contributed by atoms with E-state index in [2.05, 4.69) is 22.6 Å². The van der Waals surface area contributed by atoms with E-state index in [1.165, 1.54) is 12.1 Å². The first-order valence-corrected chi connectivity index (χ1v) is 9.70. The van der Waals surface area contributed by atoms with E-state index in [4.69, 9.17) is 4.74 Å². The van der Waals surface area contributed by atoms with Gasteiger partial charge in [-0.05, 0) is 37.0 Å². The summed E-state index contributed by atoms with van der Waals surface area (Å²) < 4.78 is 6.38. The van der Waals surface area contributed by atoms with Crippen LogP contribution in [-0.2, 0) is 16.0 Å². The van der Waals surface area contributed by atoms with Gasteiger partial charge in [0.25, 0.3) is 0 Å². The molecule has 5 nitrogen and oxygen atoms in total. The Hall–Kier alpha value is -1.83. The molecule has 0 fully saturated rings. The van der Waals surface area contributed by atoms with Gasteiger partial charge in [-0.3, -0.25) is 4.79 Å². The lowest BCUT2D eigenvalue weighted by Crippen LogP contribution is -2.20. The van der Waals surface area contributed by atoms with Crippen molar-refractivity contribution in [3.63, 3.8) is 0 Å². The lowest BCUT2D eigenvalue weighted by Gasteiger charge is -2.18. The first-order chi connectivity index (χ1) is 12.0. The summed E-state index contributed by atoms with van der Waals surface area (Å²) in [5, 5.41) is 19.8. The number of halogens is 1. The number of hydrogen-bond acceptors (Lipinski definition) is 5. The molecule has 0 radical (unpaired) electrons. The minimum atomic E-state index is -0.676. The first kappa shape index (κ1) is 19.5. The van der Waals surface area contributed by atoms with Gasteiger partial charge in [0.05, 0.1) is 0 Å². The lowest BCUT2D eigenvalue weighted by atomic mass is 10.00. The molecule has 0 aromatic heterocycles. The minimum absolute atomic E-state index is 0.0564. The van der Waals surface area contributed by atoms with Crippen molar-refractivity contribution in [2.45, 2.75) is 38.2 Å². The molecule has 1 aliphatic heterocycles. The maximum atomic E-state index is 12.6.